The lowest BCUT2D eigenvalue weighted by Gasteiger charge is -2.33. The molecule has 3 aliphatic rings. The number of ether oxygens (including phenoxy) is 2. The average molecular weight is 611 g/mol. The first-order chi connectivity index (χ1) is 20.6. The van der Waals surface area contributed by atoms with Gasteiger partial charge >= 0.3 is 12.0 Å². The second-order valence-electron chi connectivity index (χ2n) is 10.8. The number of nitrogens with zero attached hydrogens (tertiary/aromatic N) is 5. The second kappa shape index (κ2) is 11.5. The van der Waals surface area contributed by atoms with Crippen LogP contribution in [0.5, 0.6) is 5.75 Å². The lowest BCUT2D eigenvalue weighted by molar-refractivity contribution is -0.193. The number of hydrogen-bond acceptors (Lipinski definition) is 7. The van der Waals surface area contributed by atoms with Crippen molar-refractivity contribution in [1.29, 1.82) is 0 Å². The van der Waals surface area contributed by atoms with E-state index in [0.717, 1.165) is 31.0 Å². The van der Waals surface area contributed by atoms with E-state index in [1.54, 1.807) is 36.1 Å². The van der Waals surface area contributed by atoms with Crippen molar-refractivity contribution in [3.8, 4) is 16.9 Å². The number of nitrogens with two attached hydrogens (primary N) is 1. The number of carbonyl (C=O) groups excluding carboxylic acids is 2. The standard InChI is InChI=1S/C26H21ClF2N6O3.C4H8O/c1-34-24-17(11-32-34)21(22(23(30)36)18(33-24)8-13-2-3-13)14-4-7-19-20(9-14)38-26(28,29)25(37)35(19)12-16-6-5-15(27)10-31-16;1-2-4-5-3-1/h4-7,9-11,13H,2-3,8,12H2,1H3,(H2,30,36);1-4H2. The van der Waals surface area contributed by atoms with Crippen molar-refractivity contribution >= 4 is 40.1 Å². The maximum absolute atomic E-state index is 14.8. The van der Waals surface area contributed by atoms with E-state index in [-0.39, 0.29) is 23.5 Å². The van der Waals surface area contributed by atoms with Crippen molar-refractivity contribution in [1.82, 2.24) is 19.7 Å². The van der Waals surface area contributed by atoms with E-state index < -0.39 is 17.9 Å². The third-order valence-electron chi connectivity index (χ3n) is 7.59. The number of amides is 2. The number of primary amides is 1. The van der Waals surface area contributed by atoms with Crippen LogP contribution in [0.25, 0.3) is 22.2 Å². The van der Waals surface area contributed by atoms with Gasteiger partial charge in [-0.3, -0.25) is 24.2 Å². The fourth-order valence-corrected chi connectivity index (χ4v) is 5.37. The van der Waals surface area contributed by atoms with Crippen LogP contribution in [-0.4, -0.2) is 50.9 Å². The molecule has 2 aliphatic heterocycles. The zero-order valence-electron chi connectivity index (χ0n) is 23.4. The van der Waals surface area contributed by atoms with Gasteiger partial charge < -0.3 is 15.2 Å². The highest BCUT2D eigenvalue weighted by atomic mass is 35.5. The van der Waals surface area contributed by atoms with Crippen LogP contribution < -0.4 is 15.4 Å². The number of aromatic nitrogens is 4. The minimum absolute atomic E-state index is 0.136. The number of halogens is 3. The molecule has 4 aromatic rings. The number of fused-ring (bicyclic) bond motifs is 2. The van der Waals surface area contributed by atoms with Crippen molar-refractivity contribution in [2.45, 2.75) is 44.8 Å². The van der Waals surface area contributed by atoms with Gasteiger partial charge in [0.25, 0.3) is 5.91 Å². The van der Waals surface area contributed by atoms with Crippen LogP contribution in [-0.2, 0) is 29.5 Å². The number of aryl methyl sites for hydroxylation is 1. The highest BCUT2D eigenvalue weighted by molar-refractivity contribution is 6.30. The minimum atomic E-state index is -4.11. The van der Waals surface area contributed by atoms with Crippen LogP contribution in [0.1, 0.15) is 47.4 Å². The van der Waals surface area contributed by atoms with Gasteiger partial charge in [0.1, 0.15) is 0 Å². The Balaban J connectivity index is 0.000000599. The average Bonchev–Trinajstić information content (AvgIpc) is 3.41. The summed E-state index contributed by atoms with van der Waals surface area (Å²) < 4.78 is 40.9. The quantitative estimate of drug-likeness (QED) is 0.324. The summed E-state index contributed by atoms with van der Waals surface area (Å²) in [4.78, 5) is 35.1. The number of benzene rings is 1. The van der Waals surface area contributed by atoms with Crippen LogP contribution >= 0.6 is 11.6 Å². The van der Waals surface area contributed by atoms with Crippen LogP contribution in [0.2, 0.25) is 5.02 Å². The van der Waals surface area contributed by atoms with Crippen LogP contribution in [0, 0.1) is 5.92 Å². The van der Waals surface area contributed by atoms with E-state index in [2.05, 4.69) is 15.1 Å². The molecule has 1 aromatic carbocycles. The van der Waals surface area contributed by atoms with Gasteiger partial charge in [-0.15, -0.1) is 0 Å². The number of anilines is 1. The van der Waals surface area contributed by atoms with Crippen LogP contribution in [0.15, 0.2) is 42.7 Å². The van der Waals surface area contributed by atoms with Gasteiger partial charge in [-0.25, -0.2) is 4.98 Å². The number of alkyl halides is 2. The van der Waals surface area contributed by atoms with Gasteiger partial charge in [-0.2, -0.15) is 13.9 Å². The highest BCUT2D eigenvalue weighted by Gasteiger charge is 2.50. The summed E-state index contributed by atoms with van der Waals surface area (Å²) in [6.07, 6.45) is 4.02. The molecule has 2 amide bonds. The summed E-state index contributed by atoms with van der Waals surface area (Å²) in [5.74, 6) is -2.01. The lowest BCUT2D eigenvalue weighted by atomic mass is 9.93. The highest BCUT2D eigenvalue weighted by Crippen LogP contribution is 2.44. The first-order valence-electron chi connectivity index (χ1n) is 14.0. The Bertz CT molecular complexity index is 1700. The molecule has 10 nitrogen and oxygen atoms in total. The number of hydrogen-bond donors (Lipinski definition) is 1. The molecular formula is C30H29ClF2N6O4. The monoisotopic (exact) mass is 610 g/mol. The maximum atomic E-state index is 14.8. The Morgan fingerprint density at radius 3 is 2.56 bits per heavy atom. The molecule has 0 radical (unpaired) electrons. The summed E-state index contributed by atoms with van der Waals surface area (Å²) in [6, 6.07) is 7.63. The molecule has 224 valence electrons. The molecule has 43 heavy (non-hydrogen) atoms. The molecule has 2 N–H and O–H groups in total. The van der Waals surface area contributed by atoms with Crippen LogP contribution in [0.3, 0.4) is 0 Å². The molecule has 5 heterocycles. The van der Waals surface area contributed by atoms with Gasteiger partial charge in [-0.1, -0.05) is 17.7 Å². The van der Waals surface area contributed by atoms with E-state index in [1.165, 1.54) is 31.2 Å². The maximum Gasteiger partial charge on any atom is 0.482 e. The van der Waals surface area contributed by atoms with Crippen LogP contribution in [0.4, 0.5) is 14.5 Å². The lowest BCUT2D eigenvalue weighted by Crippen LogP contribution is -2.50. The van der Waals surface area contributed by atoms with E-state index in [4.69, 9.17) is 26.8 Å². The Kier molecular flexibility index (Phi) is 7.74. The van der Waals surface area contributed by atoms with Crippen molar-refractivity contribution in [3.63, 3.8) is 0 Å². The third kappa shape index (κ3) is 5.89. The smallest absolute Gasteiger partial charge is 0.423 e. The van der Waals surface area contributed by atoms with Gasteiger partial charge in [-0.05, 0) is 67.9 Å². The van der Waals surface area contributed by atoms with E-state index in [0.29, 0.717) is 50.9 Å². The fraction of sp³-hybridized carbons (Fsp3) is 0.367. The number of pyridine rings is 2. The molecule has 0 unspecified atom stereocenters. The van der Waals surface area contributed by atoms with Crippen molar-refractivity contribution in [3.05, 3.63) is 64.7 Å². The Morgan fingerprint density at radius 2 is 1.93 bits per heavy atom. The number of carbonyl (C=O) groups is 2. The summed E-state index contributed by atoms with van der Waals surface area (Å²) in [6.45, 7) is 1.78. The molecule has 0 atom stereocenters. The molecule has 0 bridgehead atoms. The molecule has 1 saturated heterocycles. The molecular weight excluding hydrogens is 582 g/mol. The second-order valence-corrected chi connectivity index (χ2v) is 11.2. The van der Waals surface area contributed by atoms with Gasteiger partial charge in [0.15, 0.2) is 11.4 Å². The zero-order valence-corrected chi connectivity index (χ0v) is 24.1. The zero-order chi connectivity index (χ0) is 30.3. The van der Waals surface area contributed by atoms with E-state index in [1.807, 2.05) is 0 Å². The molecule has 3 aromatic heterocycles. The first kappa shape index (κ1) is 28.9. The molecule has 0 spiro atoms. The summed E-state index contributed by atoms with van der Waals surface area (Å²) in [5.41, 5.74) is 8.48. The largest absolute Gasteiger partial charge is 0.482 e. The van der Waals surface area contributed by atoms with Crippen molar-refractivity contribution in [2.24, 2.45) is 18.7 Å². The SMILES string of the molecule is C1CCOC1.Cn1ncc2c(-c3ccc4c(c3)OC(F)(F)C(=O)N4Cc3ccc(Cl)cn3)c(C(N)=O)c(CC3CC3)nc21. The topological polar surface area (TPSA) is 125 Å². The Labute approximate surface area is 250 Å². The predicted octanol–water partition coefficient (Wildman–Crippen LogP) is 5.05. The summed E-state index contributed by atoms with van der Waals surface area (Å²) in [5, 5.41) is 5.21. The molecule has 2 fully saturated rings. The first-order valence-corrected chi connectivity index (χ1v) is 14.4. The molecule has 7 rings (SSSR count). The van der Waals surface area contributed by atoms with Crippen molar-refractivity contribution < 1.29 is 27.8 Å². The molecule has 13 heteroatoms. The predicted molar refractivity (Wildman–Crippen MR) is 155 cm³/mol. The fourth-order valence-electron chi connectivity index (χ4n) is 5.26. The minimum Gasteiger partial charge on any atom is -0.423 e. The van der Waals surface area contributed by atoms with Gasteiger partial charge in [0.2, 0.25) is 0 Å². The van der Waals surface area contributed by atoms with Crippen molar-refractivity contribution in [2.75, 3.05) is 18.1 Å². The normalized spacial score (nSPS) is 17.3. The summed E-state index contributed by atoms with van der Waals surface area (Å²) in [7, 11) is 1.73. The molecule has 1 aliphatic carbocycles. The van der Waals surface area contributed by atoms with E-state index >= 15 is 0 Å². The van der Waals surface area contributed by atoms with E-state index in [9.17, 15) is 18.4 Å². The molecule has 1 saturated carbocycles. The third-order valence-corrected chi connectivity index (χ3v) is 7.81. The van der Waals surface area contributed by atoms with Gasteiger partial charge in [0.05, 0.1) is 40.4 Å². The Morgan fingerprint density at radius 1 is 1.16 bits per heavy atom. The Hall–Kier alpha value is -4.16. The summed E-state index contributed by atoms with van der Waals surface area (Å²) >= 11 is 5.88. The number of rotatable bonds is 6. The van der Waals surface area contributed by atoms with Gasteiger partial charge in [0, 0.05) is 37.4 Å².